The summed E-state index contributed by atoms with van der Waals surface area (Å²) >= 11 is 5.80. The average molecular weight is 227 g/mol. The van der Waals surface area contributed by atoms with Gasteiger partial charge in [0.25, 0.3) is 5.91 Å². The third kappa shape index (κ3) is 3.53. The fourth-order valence-electron chi connectivity index (χ4n) is 1.23. The van der Waals surface area contributed by atoms with Gasteiger partial charge >= 0.3 is 0 Å². The number of nitrogens with two attached hydrogens (primary N) is 1. The molecule has 1 atom stereocenters. The van der Waals surface area contributed by atoms with Crippen LogP contribution in [0.2, 0.25) is 5.02 Å². The van der Waals surface area contributed by atoms with Crippen molar-refractivity contribution < 1.29 is 4.79 Å². The predicted molar refractivity (Wildman–Crippen MR) is 62.2 cm³/mol. The minimum absolute atomic E-state index is 0.0402. The molecule has 15 heavy (non-hydrogen) atoms. The van der Waals surface area contributed by atoms with Crippen molar-refractivity contribution >= 4 is 17.5 Å². The summed E-state index contributed by atoms with van der Waals surface area (Å²) in [5.74, 6) is -0.110. The number of aryl methyl sites for hydroxylation is 1. The van der Waals surface area contributed by atoms with Crippen LogP contribution < -0.4 is 11.1 Å². The number of carbonyl (C=O) groups is 1. The Morgan fingerprint density at radius 1 is 1.60 bits per heavy atom. The topological polar surface area (TPSA) is 55.1 Å². The lowest BCUT2D eigenvalue weighted by Gasteiger charge is -2.09. The standard InChI is InChI=1S/C11H15ClN2O/c1-7-5-9(12)3-4-10(7)11(15)14-6-8(2)13/h3-5,8H,6,13H2,1-2H3,(H,14,15). The molecule has 0 aliphatic carbocycles. The second kappa shape index (κ2) is 5.14. The number of carbonyl (C=O) groups excluding carboxylic acids is 1. The molecule has 3 N–H and O–H groups in total. The zero-order chi connectivity index (χ0) is 11.4. The van der Waals surface area contributed by atoms with E-state index in [1.807, 2.05) is 13.8 Å². The highest BCUT2D eigenvalue weighted by molar-refractivity contribution is 6.30. The number of benzene rings is 1. The van der Waals surface area contributed by atoms with Gasteiger partial charge in [-0.25, -0.2) is 0 Å². The Hall–Kier alpha value is -1.06. The van der Waals surface area contributed by atoms with Gasteiger partial charge in [-0.3, -0.25) is 4.79 Å². The number of amides is 1. The molecule has 0 bridgehead atoms. The number of halogens is 1. The highest BCUT2D eigenvalue weighted by atomic mass is 35.5. The molecule has 0 fully saturated rings. The van der Waals surface area contributed by atoms with Crippen molar-refractivity contribution in [3.8, 4) is 0 Å². The molecule has 1 amide bonds. The molecule has 0 aliphatic rings. The molecule has 0 radical (unpaired) electrons. The van der Waals surface area contributed by atoms with Crippen LogP contribution in [-0.4, -0.2) is 18.5 Å². The zero-order valence-corrected chi connectivity index (χ0v) is 9.64. The fraction of sp³-hybridized carbons (Fsp3) is 0.364. The molecule has 1 aromatic rings. The van der Waals surface area contributed by atoms with E-state index in [-0.39, 0.29) is 11.9 Å². The normalized spacial score (nSPS) is 12.3. The molecular weight excluding hydrogens is 212 g/mol. The van der Waals surface area contributed by atoms with Gasteiger partial charge in [0.2, 0.25) is 0 Å². The summed E-state index contributed by atoms with van der Waals surface area (Å²) < 4.78 is 0. The first-order valence-corrected chi connectivity index (χ1v) is 5.18. The van der Waals surface area contributed by atoms with E-state index in [0.717, 1.165) is 5.56 Å². The van der Waals surface area contributed by atoms with Crippen molar-refractivity contribution in [2.24, 2.45) is 5.73 Å². The number of hydrogen-bond acceptors (Lipinski definition) is 2. The highest BCUT2D eigenvalue weighted by Crippen LogP contribution is 2.14. The summed E-state index contributed by atoms with van der Waals surface area (Å²) in [7, 11) is 0. The van der Waals surface area contributed by atoms with Gasteiger partial charge in [0, 0.05) is 23.2 Å². The first-order chi connectivity index (χ1) is 7.00. The summed E-state index contributed by atoms with van der Waals surface area (Å²) in [4.78, 5) is 11.7. The van der Waals surface area contributed by atoms with E-state index in [4.69, 9.17) is 17.3 Å². The van der Waals surface area contributed by atoms with E-state index in [2.05, 4.69) is 5.32 Å². The van der Waals surface area contributed by atoms with Crippen LogP contribution in [0.4, 0.5) is 0 Å². The molecule has 1 rings (SSSR count). The van der Waals surface area contributed by atoms with Crippen LogP contribution in [0.25, 0.3) is 0 Å². The monoisotopic (exact) mass is 226 g/mol. The second-order valence-electron chi connectivity index (χ2n) is 3.65. The molecule has 3 nitrogen and oxygen atoms in total. The largest absolute Gasteiger partial charge is 0.350 e. The Kier molecular flexibility index (Phi) is 4.12. The lowest BCUT2D eigenvalue weighted by molar-refractivity contribution is 0.0951. The van der Waals surface area contributed by atoms with Crippen LogP contribution in [0.3, 0.4) is 0 Å². The van der Waals surface area contributed by atoms with E-state index in [0.29, 0.717) is 17.1 Å². The van der Waals surface area contributed by atoms with E-state index in [1.54, 1.807) is 18.2 Å². The molecule has 0 heterocycles. The van der Waals surface area contributed by atoms with E-state index in [1.165, 1.54) is 0 Å². The minimum Gasteiger partial charge on any atom is -0.350 e. The van der Waals surface area contributed by atoms with Gasteiger partial charge in [0.05, 0.1) is 0 Å². The minimum atomic E-state index is -0.110. The van der Waals surface area contributed by atoms with Gasteiger partial charge in [-0.05, 0) is 37.6 Å². The quantitative estimate of drug-likeness (QED) is 0.825. The van der Waals surface area contributed by atoms with E-state index >= 15 is 0 Å². The lowest BCUT2D eigenvalue weighted by atomic mass is 10.1. The summed E-state index contributed by atoms with van der Waals surface area (Å²) in [6.45, 7) is 4.17. The zero-order valence-electron chi connectivity index (χ0n) is 8.88. The molecule has 0 saturated heterocycles. The van der Waals surface area contributed by atoms with Crippen LogP contribution in [0.15, 0.2) is 18.2 Å². The summed E-state index contributed by atoms with van der Waals surface area (Å²) in [6.07, 6.45) is 0. The number of rotatable bonds is 3. The molecule has 0 aliphatic heterocycles. The molecule has 1 aromatic carbocycles. The maximum absolute atomic E-state index is 11.7. The number of hydrogen-bond donors (Lipinski definition) is 2. The van der Waals surface area contributed by atoms with Gasteiger partial charge in [-0.2, -0.15) is 0 Å². The van der Waals surface area contributed by atoms with Crippen molar-refractivity contribution in [3.63, 3.8) is 0 Å². The van der Waals surface area contributed by atoms with Gasteiger partial charge in [0.15, 0.2) is 0 Å². The lowest BCUT2D eigenvalue weighted by Crippen LogP contribution is -2.35. The van der Waals surface area contributed by atoms with E-state index in [9.17, 15) is 4.79 Å². The van der Waals surface area contributed by atoms with Gasteiger partial charge in [-0.15, -0.1) is 0 Å². The summed E-state index contributed by atoms with van der Waals surface area (Å²) in [6, 6.07) is 5.15. The predicted octanol–water partition coefficient (Wildman–Crippen LogP) is 1.73. The van der Waals surface area contributed by atoms with Crippen molar-refractivity contribution in [1.29, 1.82) is 0 Å². The Morgan fingerprint density at radius 3 is 2.80 bits per heavy atom. The first kappa shape index (κ1) is 12.0. The fourth-order valence-corrected chi connectivity index (χ4v) is 1.46. The van der Waals surface area contributed by atoms with E-state index < -0.39 is 0 Å². The molecule has 0 spiro atoms. The molecule has 82 valence electrons. The molecule has 4 heteroatoms. The average Bonchev–Trinajstić information content (AvgIpc) is 2.14. The third-order valence-electron chi connectivity index (χ3n) is 2.02. The van der Waals surface area contributed by atoms with Crippen molar-refractivity contribution in [2.45, 2.75) is 19.9 Å². The van der Waals surface area contributed by atoms with Crippen molar-refractivity contribution in [2.75, 3.05) is 6.54 Å². The third-order valence-corrected chi connectivity index (χ3v) is 2.25. The number of nitrogens with one attached hydrogen (secondary N) is 1. The van der Waals surface area contributed by atoms with Crippen LogP contribution >= 0.6 is 11.6 Å². The van der Waals surface area contributed by atoms with Crippen LogP contribution in [-0.2, 0) is 0 Å². The Bertz CT molecular complexity index is 364. The Labute approximate surface area is 94.6 Å². The maximum atomic E-state index is 11.7. The van der Waals surface area contributed by atoms with Crippen LogP contribution in [0, 0.1) is 6.92 Å². The highest BCUT2D eigenvalue weighted by Gasteiger charge is 2.08. The molecule has 0 aromatic heterocycles. The Balaban J connectivity index is 2.74. The first-order valence-electron chi connectivity index (χ1n) is 4.80. The Morgan fingerprint density at radius 2 is 2.27 bits per heavy atom. The second-order valence-corrected chi connectivity index (χ2v) is 4.08. The van der Waals surface area contributed by atoms with Gasteiger partial charge in [-0.1, -0.05) is 11.6 Å². The van der Waals surface area contributed by atoms with Gasteiger partial charge < -0.3 is 11.1 Å². The summed E-state index contributed by atoms with van der Waals surface area (Å²) in [5, 5.41) is 3.39. The SMILES string of the molecule is Cc1cc(Cl)ccc1C(=O)NCC(C)N. The maximum Gasteiger partial charge on any atom is 0.251 e. The van der Waals surface area contributed by atoms with Gasteiger partial charge in [0.1, 0.15) is 0 Å². The van der Waals surface area contributed by atoms with Crippen LogP contribution in [0.1, 0.15) is 22.8 Å². The summed E-state index contributed by atoms with van der Waals surface area (Å²) in [5.41, 5.74) is 7.05. The molecule has 1 unspecified atom stereocenters. The van der Waals surface area contributed by atoms with Crippen LogP contribution in [0.5, 0.6) is 0 Å². The molecular formula is C11H15ClN2O. The smallest absolute Gasteiger partial charge is 0.251 e. The molecule has 0 saturated carbocycles. The van der Waals surface area contributed by atoms with Crippen molar-refractivity contribution in [3.05, 3.63) is 34.3 Å². The van der Waals surface area contributed by atoms with Crippen molar-refractivity contribution in [1.82, 2.24) is 5.32 Å².